The van der Waals surface area contributed by atoms with E-state index in [9.17, 15) is 14.4 Å². The van der Waals surface area contributed by atoms with Crippen molar-refractivity contribution in [3.63, 3.8) is 0 Å². The second kappa shape index (κ2) is 7.20. The van der Waals surface area contributed by atoms with Crippen LogP contribution in [0, 0.1) is 19.8 Å². The van der Waals surface area contributed by atoms with E-state index in [1.165, 1.54) is 13.8 Å². The minimum Gasteiger partial charge on any atom is -0.355 e. The third-order valence-electron chi connectivity index (χ3n) is 4.78. The first-order chi connectivity index (χ1) is 11.3. The maximum absolute atomic E-state index is 13.0. The van der Waals surface area contributed by atoms with Gasteiger partial charge in [-0.15, -0.1) is 0 Å². The molecular weight excluding hydrogens is 306 g/mol. The van der Waals surface area contributed by atoms with Crippen molar-refractivity contribution in [2.75, 3.05) is 13.1 Å². The Hall–Kier alpha value is -2.11. The molecule has 0 aromatic carbocycles. The molecule has 0 bridgehead atoms. The number of nitrogens with one attached hydrogen (secondary N) is 2. The van der Waals surface area contributed by atoms with Crippen LogP contribution in [-0.2, 0) is 4.79 Å². The van der Waals surface area contributed by atoms with Crippen LogP contribution in [-0.4, -0.2) is 46.6 Å². The number of hydrogen-bond donors (Lipinski definition) is 2. The fraction of sp³-hybridized carbons (Fsp3) is 0.611. The summed E-state index contributed by atoms with van der Waals surface area (Å²) in [7, 11) is 0. The number of carbonyl (C=O) groups is 3. The summed E-state index contributed by atoms with van der Waals surface area (Å²) in [5.74, 6) is 0.0664. The van der Waals surface area contributed by atoms with Crippen molar-refractivity contribution in [2.24, 2.45) is 5.92 Å². The summed E-state index contributed by atoms with van der Waals surface area (Å²) in [6.45, 7) is 9.88. The van der Waals surface area contributed by atoms with Gasteiger partial charge in [0.2, 0.25) is 5.91 Å². The lowest BCUT2D eigenvalue weighted by molar-refractivity contribution is -0.119. The fourth-order valence-corrected chi connectivity index (χ4v) is 3.71. The van der Waals surface area contributed by atoms with Crippen molar-refractivity contribution in [3.8, 4) is 0 Å². The summed E-state index contributed by atoms with van der Waals surface area (Å²) < 4.78 is 0. The summed E-state index contributed by atoms with van der Waals surface area (Å²) in [6.07, 6.45) is 1.98. The SMILES string of the molecule is CCC[C@@H]1CN(C(=O)c2c(C)[nH]c(C(C)=O)c2C)C[C@H]1NC(C)=O. The summed E-state index contributed by atoms with van der Waals surface area (Å²) >= 11 is 0. The number of amides is 2. The Balaban J connectivity index is 2.24. The van der Waals surface area contributed by atoms with Gasteiger partial charge in [0.15, 0.2) is 5.78 Å². The molecule has 2 atom stereocenters. The molecule has 1 saturated heterocycles. The Morgan fingerprint density at radius 1 is 1.21 bits per heavy atom. The highest BCUT2D eigenvalue weighted by molar-refractivity contribution is 6.02. The van der Waals surface area contributed by atoms with E-state index in [0.29, 0.717) is 29.9 Å². The number of nitrogens with zero attached hydrogens (tertiary/aromatic N) is 1. The Morgan fingerprint density at radius 3 is 2.38 bits per heavy atom. The number of likely N-dealkylation sites (tertiary alicyclic amines) is 1. The quantitative estimate of drug-likeness (QED) is 0.811. The Labute approximate surface area is 143 Å². The second-order valence-electron chi connectivity index (χ2n) is 6.75. The number of hydrogen-bond acceptors (Lipinski definition) is 3. The number of aromatic nitrogens is 1. The van der Waals surface area contributed by atoms with E-state index < -0.39 is 0 Å². The maximum Gasteiger partial charge on any atom is 0.256 e. The van der Waals surface area contributed by atoms with Crippen molar-refractivity contribution in [3.05, 3.63) is 22.5 Å². The molecule has 2 rings (SSSR count). The predicted molar refractivity (Wildman–Crippen MR) is 92.2 cm³/mol. The minimum atomic E-state index is -0.0731. The molecule has 1 aliphatic rings. The molecule has 0 saturated carbocycles. The third kappa shape index (κ3) is 3.52. The van der Waals surface area contributed by atoms with Crippen LogP contribution in [0.3, 0.4) is 0 Å². The molecule has 0 unspecified atom stereocenters. The van der Waals surface area contributed by atoms with Crippen molar-refractivity contribution in [1.82, 2.24) is 15.2 Å². The molecule has 6 heteroatoms. The zero-order valence-electron chi connectivity index (χ0n) is 15.2. The Bertz CT molecular complexity index is 663. The van der Waals surface area contributed by atoms with Crippen molar-refractivity contribution in [2.45, 2.75) is 53.5 Å². The van der Waals surface area contributed by atoms with Gasteiger partial charge in [0, 0.05) is 32.6 Å². The first-order valence-corrected chi connectivity index (χ1v) is 8.52. The lowest BCUT2D eigenvalue weighted by atomic mass is 9.98. The van der Waals surface area contributed by atoms with Crippen LogP contribution < -0.4 is 5.32 Å². The molecule has 2 N–H and O–H groups in total. The van der Waals surface area contributed by atoms with Crippen LogP contribution in [0.15, 0.2) is 0 Å². The number of ketones is 1. The lowest BCUT2D eigenvalue weighted by Gasteiger charge is -2.17. The summed E-state index contributed by atoms with van der Waals surface area (Å²) in [5.41, 5.74) is 2.51. The molecule has 2 amide bonds. The smallest absolute Gasteiger partial charge is 0.256 e. The number of H-pyrrole nitrogens is 1. The average Bonchev–Trinajstić information content (AvgIpc) is 3.00. The summed E-state index contributed by atoms with van der Waals surface area (Å²) in [5, 5.41) is 2.97. The standard InChI is InChI=1S/C18H27N3O3/c1-6-7-14-8-21(9-15(14)20-13(5)23)18(24)16-10(2)17(12(4)22)19-11(16)3/h14-15,19H,6-9H2,1-5H3,(H,20,23)/t14-,15-/m1/s1. The lowest BCUT2D eigenvalue weighted by Crippen LogP contribution is -2.40. The highest BCUT2D eigenvalue weighted by Crippen LogP contribution is 2.26. The molecule has 24 heavy (non-hydrogen) atoms. The second-order valence-corrected chi connectivity index (χ2v) is 6.75. The van der Waals surface area contributed by atoms with E-state index in [1.807, 2.05) is 6.92 Å². The first kappa shape index (κ1) is 18.2. The largest absolute Gasteiger partial charge is 0.355 e. The van der Waals surface area contributed by atoms with Gasteiger partial charge < -0.3 is 15.2 Å². The van der Waals surface area contributed by atoms with Crippen LogP contribution in [0.2, 0.25) is 0 Å². The van der Waals surface area contributed by atoms with Gasteiger partial charge in [-0.05, 0) is 31.7 Å². The van der Waals surface area contributed by atoms with Crippen LogP contribution in [0.5, 0.6) is 0 Å². The third-order valence-corrected chi connectivity index (χ3v) is 4.78. The zero-order chi connectivity index (χ0) is 18.0. The predicted octanol–water partition coefficient (Wildman–Crippen LogP) is 2.21. The van der Waals surface area contributed by atoms with E-state index in [-0.39, 0.29) is 29.6 Å². The van der Waals surface area contributed by atoms with Crippen LogP contribution in [0.4, 0.5) is 0 Å². The van der Waals surface area contributed by atoms with Gasteiger partial charge in [-0.1, -0.05) is 13.3 Å². The molecule has 6 nitrogen and oxygen atoms in total. The highest BCUT2D eigenvalue weighted by Gasteiger charge is 2.36. The number of aryl methyl sites for hydroxylation is 1. The van der Waals surface area contributed by atoms with Crippen molar-refractivity contribution < 1.29 is 14.4 Å². The van der Waals surface area contributed by atoms with Gasteiger partial charge in [-0.3, -0.25) is 14.4 Å². The molecule has 1 aromatic rings. The fourth-order valence-electron chi connectivity index (χ4n) is 3.71. The van der Waals surface area contributed by atoms with E-state index in [0.717, 1.165) is 18.5 Å². The Morgan fingerprint density at radius 2 is 1.88 bits per heavy atom. The van der Waals surface area contributed by atoms with E-state index in [4.69, 9.17) is 0 Å². The van der Waals surface area contributed by atoms with Crippen LogP contribution in [0.25, 0.3) is 0 Å². The van der Waals surface area contributed by atoms with E-state index in [2.05, 4.69) is 17.2 Å². The molecule has 1 aromatic heterocycles. The van der Waals surface area contributed by atoms with Crippen molar-refractivity contribution >= 4 is 17.6 Å². The number of Topliss-reactive ketones (excluding diaryl/α,β-unsaturated/α-hetero) is 1. The van der Waals surface area contributed by atoms with Crippen LogP contribution >= 0.6 is 0 Å². The van der Waals surface area contributed by atoms with Crippen molar-refractivity contribution in [1.29, 1.82) is 0 Å². The van der Waals surface area contributed by atoms with Crippen LogP contribution in [0.1, 0.15) is 65.7 Å². The maximum atomic E-state index is 13.0. The van der Waals surface area contributed by atoms with Gasteiger partial charge in [0.25, 0.3) is 5.91 Å². The number of rotatable bonds is 5. The normalized spacial score (nSPS) is 20.3. The zero-order valence-corrected chi connectivity index (χ0v) is 15.2. The number of carbonyl (C=O) groups excluding carboxylic acids is 3. The molecular formula is C18H27N3O3. The molecule has 132 valence electrons. The molecule has 0 spiro atoms. The van der Waals surface area contributed by atoms with E-state index in [1.54, 1.807) is 11.8 Å². The summed E-state index contributed by atoms with van der Waals surface area (Å²) in [6, 6.07) is -0.00164. The molecule has 0 aliphatic carbocycles. The van der Waals surface area contributed by atoms with E-state index >= 15 is 0 Å². The first-order valence-electron chi connectivity index (χ1n) is 8.52. The summed E-state index contributed by atoms with van der Waals surface area (Å²) in [4.78, 5) is 40.9. The van der Waals surface area contributed by atoms with Gasteiger partial charge in [-0.2, -0.15) is 0 Å². The Kier molecular flexibility index (Phi) is 5.47. The minimum absolute atomic E-state index is 0.00164. The molecule has 1 fully saturated rings. The number of aromatic amines is 1. The topological polar surface area (TPSA) is 82.3 Å². The average molecular weight is 333 g/mol. The molecule has 0 radical (unpaired) electrons. The van der Waals surface area contributed by atoms with Gasteiger partial charge in [0.05, 0.1) is 17.3 Å². The molecule has 2 heterocycles. The van der Waals surface area contributed by atoms with Gasteiger partial charge >= 0.3 is 0 Å². The van der Waals surface area contributed by atoms with Gasteiger partial charge in [0.1, 0.15) is 0 Å². The molecule has 1 aliphatic heterocycles. The monoisotopic (exact) mass is 333 g/mol. The van der Waals surface area contributed by atoms with Gasteiger partial charge in [-0.25, -0.2) is 0 Å². The highest BCUT2D eigenvalue weighted by atomic mass is 16.2.